The second kappa shape index (κ2) is 5.53. The molecule has 2 aromatic rings. The number of fused-ring (bicyclic) bond motifs is 1. The summed E-state index contributed by atoms with van der Waals surface area (Å²) in [5.41, 5.74) is 9.13. The van der Waals surface area contributed by atoms with Gasteiger partial charge < -0.3 is 5.73 Å². The van der Waals surface area contributed by atoms with E-state index in [9.17, 15) is 0 Å². The Morgan fingerprint density at radius 3 is 2.65 bits per heavy atom. The number of rotatable bonds is 4. The van der Waals surface area contributed by atoms with E-state index in [0.717, 1.165) is 17.6 Å². The lowest BCUT2D eigenvalue weighted by Crippen LogP contribution is -2.41. The van der Waals surface area contributed by atoms with Gasteiger partial charge >= 0.3 is 0 Å². The van der Waals surface area contributed by atoms with Crippen molar-refractivity contribution in [2.75, 3.05) is 0 Å². The van der Waals surface area contributed by atoms with Crippen LogP contribution < -0.4 is 5.73 Å². The van der Waals surface area contributed by atoms with Gasteiger partial charge in [-0.1, -0.05) is 44.0 Å². The van der Waals surface area contributed by atoms with Crippen molar-refractivity contribution >= 4 is 10.9 Å². The van der Waals surface area contributed by atoms with E-state index in [0.29, 0.717) is 5.41 Å². The van der Waals surface area contributed by atoms with Crippen LogP contribution in [0.4, 0.5) is 0 Å². The van der Waals surface area contributed by atoms with Gasteiger partial charge in [0.15, 0.2) is 0 Å². The van der Waals surface area contributed by atoms with E-state index in [4.69, 9.17) is 10.7 Å². The molecule has 2 nitrogen and oxygen atoms in total. The third-order valence-electron chi connectivity index (χ3n) is 5.18. The fraction of sp³-hybridized carbons (Fsp3) is 0.500. The molecule has 0 bridgehead atoms. The third kappa shape index (κ3) is 2.45. The largest absolute Gasteiger partial charge is 0.327 e. The van der Waals surface area contributed by atoms with Crippen LogP contribution in [0.3, 0.4) is 0 Å². The normalized spacial score (nSPS) is 19.3. The molecular formula is C18H24N2. The van der Waals surface area contributed by atoms with Gasteiger partial charge in [-0.15, -0.1) is 0 Å². The SMILES string of the molecule is CCC1(C(N)Cc2ccc3ccccc3n2)CCCC1. The van der Waals surface area contributed by atoms with Crippen LogP contribution in [0, 0.1) is 5.41 Å². The second-order valence-corrected chi connectivity index (χ2v) is 6.23. The van der Waals surface area contributed by atoms with Crippen LogP contribution in [0.1, 0.15) is 44.7 Å². The molecular weight excluding hydrogens is 244 g/mol. The smallest absolute Gasteiger partial charge is 0.0705 e. The standard InChI is InChI=1S/C18H24N2/c1-2-18(11-5-6-12-18)17(19)13-15-10-9-14-7-3-4-8-16(14)20-15/h3-4,7-10,17H,2,5-6,11-13,19H2,1H3. The summed E-state index contributed by atoms with van der Waals surface area (Å²) < 4.78 is 0. The van der Waals surface area contributed by atoms with Crippen LogP contribution in [0.5, 0.6) is 0 Å². The van der Waals surface area contributed by atoms with Gasteiger partial charge in [0.1, 0.15) is 0 Å². The molecule has 0 aliphatic heterocycles. The molecule has 1 heterocycles. The highest BCUT2D eigenvalue weighted by molar-refractivity contribution is 5.78. The fourth-order valence-corrected chi connectivity index (χ4v) is 3.73. The maximum Gasteiger partial charge on any atom is 0.0705 e. The van der Waals surface area contributed by atoms with Gasteiger partial charge in [0.25, 0.3) is 0 Å². The Morgan fingerprint density at radius 2 is 1.90 bits per heavy atom. The first-order valence-corrected chi connectivity index (χ1v) is 7.84. The molecule has 1 fully saturated rings. The van der Waals surface area contributed by atoms with Crippen molar-refractivity contribution in [3.63, 3.8) is 0 Å². The van der Waals surface area contributed by atoms with E-state index in [1.54, 1.807) is 0 Å². The molecule has 3 rings (SSSR count). The summed E-state index contributed by atoms with van der Waals surface area (Å²) in [5, 5.41) is 1.20. The van der Waals surface area contributed by atoms with E-state index in [-0.39, 0.29) is 6.04 Å². The van der Waals surface area contributed by atoms with Crippen molar-refractivity contribution in [1.82, 2.24) is 4.98 Å². The number of benzene rings is 1. The Kier molecular flexibility index (Phi) is 3.75. The molecule has 1 aromatic heterocycles. The molecule has 106 valence electrons. The predicted octanol–water partition coefficient (Wildman–Crippen LogP) is 4.08. The molecule has 1 saturated carbocycles. The molecule has 1 aromatic carbocycles. The molecule has 0 radical (unpaired) electrons. The highest BCUT2D eigenvalue weighted by atomic mass is 14.8. The highest BCUT2D eigenvalue weighted by Gasteiger charge is 2.37. The number of para-hydroxylation sites is 1. The Morgan fingerprint density at radius 1 is 1.15 bits per heavy atom. The molecule has 2 N–H and O–H groups in total. The molecule has 1 aliphatic rings. The van der Waals surface area contributed by atoms with Crippen molar-refractivity contribution in [3.05, 3.63) is 42.1 Å². The van der Waals surface area contributed by atoms with Crippen molar-refractivity contribution in [1.29, 1.82) is 0 Å². The lowest BCUT2D eigenvalue weighted by atomic mass is 9.75. The Labute approximate surface area is 121 Å². The summed E-state index contributed by atoms with van der Waals surface area (Å²) in [6.45, 7) is 2.29. The van der Waals surface area contributed by atoms with Gasteiger partial charge in [0.05, 0.1) is 5.52 Å². The minimum atomic E-state index is 0.240. The van der Waals surface area contributed by atoms with Gasteiger partial charge in [0, 0.05) is 23.5 Å². The van der Waals surface area contributed by atoms with Crippen LogP contribution in [0.15, 0.2) is 36.4 Å². The minimum absolute atomic E-state index is 0.240. The monoisotopic (exact) mass is 268 g/mol. The Hall–Kier alpha value is -1.41. The first kappa shape index (κ1) is 13.6. The number of hydrogen-bond acceptors (Lipinski definition) is 2. The fourth-order valence-electron chi connectivity index (χ4n) is 3.73. The van der Waals surface area contributed by atoms with Crippen LogP contribution in [0.25, 0.3) is 10.9 Å². The summed E-state index contributed by atoms with van der Waals surface area (Å²) >= 11 is 0. The van der Waals surface area contributed by atoms with Gasteiger partial charge in [-0.3, -0.25) is 4.98 Å². The van der Waals surface area contributed by atoms with E-state index in [1.165, 1.54) is 37.5 Å². The first-order valence-electron chi connectivity index (χ1n) is 7.84. The topological polar surface area (TPSA) is 38.9 Å². The minimum Gasteiger partial charge on any atom is -0.327 e. The van der Waals surface area contributed by atoms with E-state index in [2.05, 4.69) is 37.3 Å². The highest BCUT2D eigenvalue weighted by Crippen LogP contribution is 2.43. The van der Waals surface area contributed by atoms with Crippen molar-refractivity contribution in [3.8, 4) is 0 Å². The molecule has 2 heteroatoms. The van der Waals surface area contributed by atoms with Gasteiger partial charge in [-0.25, -0.2) is 0 Å². The lowest BCUT2D eigenvalue weighted by Gasteiger charge is -2.34. The average molecular weight is 268 g/mol. The zero-order chi connectivity index (χ0) is 14.0. The molecule has 20 heavy (non-hydrogen) atoms. The van der Waals surface area contributed by atoms with Crippen LogP contribution in [-0.2, 0) is 6.42 Å². The van der Waals surface area contributed by atoms with E-state index >= 15 is 0 Å². The van der Waals surface area contributed by atoms with E-state index < -0.39 is 0 Å². The zero-order valence-electron chi connectivity index (χ0n) is 12.3. The molecule has 1 unspecified atom stereocenters. The van der Waals surface area contributed by atoms with Crippen molar-refractivity contribution in [2.24, 2.45) is 11.1 Å². The maximum absolute atomic E-state index is 6.56. The van der Waals surface area contributed by atoms with Crippen LogP contribution >= 0.6 is 0 Å². The predicted molar refractivity (Wildman–Crippen MR) is 84.6 cm³/mol. The summed E-state index contributed by atoms with van der Waals surface area (Å²) in [5.74, 6) is 0. The number of pyridine rings is 1. The molecule has 1 aliphatic carbocycles. The van der Waals surface area contributed by atoms with Gasteiger partial charge in [-0.05, 0) is 36.8 Å². The Balaban J connectivity index is 1.81. The summed E-state index contributed by atoms with van der Waals surface area (Å²) in [6, 6.07) is 12.8. The zero-order valence-corrected chi connectivity index (χ0v) is 12.3. The molecule has 1 atom stereocenters. The Bertz CT molecular complexity index is 585. The van der Waals surface area contributed by atoms with E-state index in [1.807, 2.05) is 6.07 Å². The van der Waals surface area contributed by atoms with Gasteiger partial charge in [-0.2, -0.15) is 0 Å². The average Bonchev–Trinajstić information content (AvgIpc) is 2.97. The lowest BCUT2D eigenvalue weighted by molar-refractivity contribution is 0.218. The molecule has 0 spiro atoms. The first-order chi connectivity index (χ1) is 9.73. The summed E-state index contributed by atoms with van der Waals surface area (Å²) in [6.07, 6.45) is 7.36. The van der Waals surface area contributed by atoms with Crippen molar-refractivity contribution in [2.45, 2.75) is 51.5 Å². The molecule has 0 saturated heterocycles. The van der Waals surface area contributed by atoms with Crippen molar-refractivity contribution < 1.29 is 0 Å². The number of nitrogens with zero attached hydrogens (tertiary/aromatic N) is 1. The number of nitrogens with two attached hydrogens (primary N) is 1. The van der Waals surface area contributed by atoms with Crippen LogP contribution in [-0.4, -0.2) is 11.0 Å². The quantitative estimate of drug-likeness (QED) is 0.907. The molecule has 0 amide bonds. The maximum atomic E-state index is 6.56. The number of hydrogen-bond donors (Lipinski definition) is 1. The summed E-state index contributed by atoms with van der Waals surface area (Å²) in [7, 11) is 0. The third-order valence-corrected chi connectivity index (χ3v) is 5.18. The number of aromatic nitrogens is 1. The summed E-state index contributed by atoms with van der Waals surface area (Å²) in [4.78, 5) is 4.77. The van der Waals surface area contributed by atoms with Gasteiger partial charge in [0.2, 0.25) is 0 Å². The second-order valence-electron chi connectivity index (χ2n) is 6.23. The van der Waals surface area contributed by atoms with Crippen LogP contribution in [0.2, 0.25) is 0 Å².